The summed E-state index contributed by atoms with van der Waals surface area (Å²) < 4.78 is 5.38. The number of hydrogen-bond donors (Lipinski definition) is 2. The van der Waals surface area contributed by atoms with Crippen molar-refractivity contribution in [2.24, 2.45) is 0 Å². The lowest BCUT2D eigenvalue weighted by atomic mass is 9.87. The Morgan fingerprint density at radius 2 is 2.00 bits per heavy atom. The van der Waals surface area contributed by atoms with Gasteiger partial charge in [-0.2, -0.15) is 0 Å². The van der Waals surface area contributed by atoms with Crippen molar-refractivity contribution in [1.29, 1.82) is 0 Å². The van der Waals surface area contributed by atoms with E-state index in [1.165, 1.54) is 18.4 Å². The van der Waals surface area contributed by atoms with Crippen LogP contribution in [0.25, 0.3) is 0 Å². The lowest BCUT2D eigenvalue weighted by Crippen LogP contribution is -2.30. The van der Waals surface area contributed by atoms with Crippen LogP contribution in [0, 0.1) is 0 Å². The van der Waals surface area contributed by atoms with Gasteiger partial charge in [-0.3, -0.25) is 0 Å². The van der Waals surface area contributed by atoms with Gasteiger partial charge in [0.25, 0.3) is 0 Å². The van der Waals surface area contributed by atoms with Gasteiger partial charge in [0.1, 0.15) is 5.75 Å². The van der Waals surface area contributed by atoms with E-state index in [-0.39, 0.29) is 5.41 Å². The van der Waals surface area contributed by atoms with Crippen molar-refractivity contribution >= 4 is 23.0 Å². The summed E-state index contributed by atoms with van der Waals surface area (Å²) in [7, 11) is 1.68. The summed E-state index contributed by atoms with van der Waals surface area (Å²) in [5.41, 5.74) is 2.28. The molecular formula is C15H22N2OS. The van der Waals surface area contributed by atoms with Crippen molar-refractivity contribution in [3.05, 3.63) is 23.8 Å². The van der Waals surface area contributed by atoms with Crippen LogP contribution in [0.1, 0.15) is 39.2 Å². The van der Waals surface area contributed by atoms with E-state index in [4.69, 9.17) is 17.0 Å². The third-order valence-electron chi connectivity index (χ3n) is 3.23. The van der Waals surface area contributed by atoms with Gasteiger partial charge in [0.15, 0.2) is 5.11 Å². The molecule has 0 heterocycles. The zero-order chi connectivity index (χ0) is 14.0. The van der Waals surface area contributed by atoms with E-state index in [2.05, 4.69) is 43.5 Å². The van der Waals surface area contributed by atoms with Gasteiger partial charge in [-0.1, -0.05) is 26.8 Å². The maximum Gasteiger partial charge on any atom is 0.171 e. The summed E-state index contributed by atoms with van der Waals surface area (Å²) >= 11 is 5.32. The average molecular weight is 278 g/mol. The molecule has 0 radical (unpaired) electrons. The van der Waals surface area contributed by atoms with Crippen LogP contribution >= 0.6 is 12.2 Å². The number of methoxy groups -OCH3 is 1. The monoisotopic (exact) mass is 278 g/mol. The van der Waals surface area contributed by atoms with E-state index in [0.717, 1.165) is 11.4 Å². The molecule has 1 saturated carbocycles. The Bertz CT molecular complexity index is 476. The smallest absolute Gasteiger partial charge is 0.171 e. The van der Waals surface area contributed by atoms with Crippen molar-refractivity contribution in [2.45, 2.75) is 45.1 Å². The molecule has 0 atom stereocenters. The summed E-state index contributed by atoms with van der Waals surface area (Å²) in [6.07, 6.45) is 2.42. The van der Waals surface area contributed by atoms with Crippen LogP contribution in [0.15, 0.2) is 18.2 Å². The molecule has 4 heteroatoms. The van der Waals surface area contributed by atoms with Crippen LogP contribution in [-0.4, -0.2) is 18.3 Å². The van der Waals surface area contributed by atoms with Gasteiger partial charge in [0, 0.05) is 6.04 Å². The molecule has 0 aromatic heterocycles. The lowest BCUT2D eigenvalue weighted by Gasteiger charge is -2.21. The highest BCUT2D eigenvalue weighted by Gasteiger charge is 2.22. The molecule has 0 aliphatic heterocycles. The third kappa shape index (κ3) is 3.83. The molecule has 3 nitrogen and oxygen atoms in total. The molecule has 0 spiro atoms. The molecule has 0 amide bonds. The molecular weight excluding hydrogens is 256 g/mol. The summed E-state index contributed by atoms with van der Waals surface area (Å²) in [5, 5.41) is 7.19. The van der Waals surface area contributed by atoms with Gasteiger partial charge < -0.3 is 15.4 Å². The summed E-state index contributed by atoms with van der Waals surface area (Å²) in [4.78, 5) is 0. The molecule has 1 aliphatic carbocycles. The molecule has 2 N–H and O–H groups in total. The number of nitrogens with one attached hydrogen (secondary N) is 2. The molecule has 2 rings (SSSR count). The van der Waals surface area contributed by atoms with Crippen LogP contribution < -0.4 is 15.4 Å². The predicted molar refractivity (Wildman–Crippen MR) is 84.1 cm³/mol. The highest BCUT2D eigenvalue weighted by atomic mass is 32.1. The molecule has 1 aromatic carbocycles. The Balaban J connectivity index is 2.17. The van der Waals surface area contributed by atoms with Crippen molar-refractivity contribution in [2.75, 3.05) is 12.4 Å². The van der Waals surface area contributed by atoms with Gasteiger partial charge in [-0.05, 0) is 48.2 Å². The first-order valence-electron chi connectivity index (χ1n) is 6.66. The Morgan fingerprint density at radius 1 is 1.32 bits per heavy atom. The van der Waals surface area contributed by atoms with Crippen LogP contribution in [-0.2, 0) is 5.41 Å². The second kappa shape index (κ2) is 5.37. The van der Waals surface area contributed by atoms with Crippen molar-refractivity contribution in [3.8, 4) is 5.75 Å². The molecule has 19 heavy (non-hydrogen) atoms. The van der Waals surface area contributed by atoms with Gasteiger partial charge in [-0.25, -0.2) is 0 Å². The van der Waals surface area contributed by atoms with Crippen LogP contribution in [0.2, 0.25) is 0 Å². The number of benzene rings is 1. The van der Waals surface area contributed by atoms with Crippen molar-refractivity contribution in [3.63, 3.8) is 0 Å². The number of hydrogen-bond acceptors (Lipinski definition) is 2. The van der Waals surface area contributed by atoms with Crippen molar-refractivity contribution in [1.82, 2.24) is 5.32 Å². The zero-order valence-corrected chi connectivity index (χ0v) is 12.9. The number of ether oxygens (including phenoxy) is 1. The Morgan fingerprint density at radius 3 is 2.53 bits per heavy atom. The van der Waals surface area contributed by atoms with E-state index in [1.54, 1.807) is 7.11 Å². The Kier molecular flexibility index (Phi) is 3.99. The Labute approximate surface area is 120 Å². The molecule has 104 valence electrons. The van der Waals surface area contributed by atoms with E-state index >= 15 is 0 Å². The zero-order valence-electron chi connectivity index (χ0n) is 12.0. The summed E-state index contributed by atoms with van der Waals surface area (Å²) in [6.45, 7) is 6.58. The van der Waals surface area contributed by atoms with Gasteiger partial charge in [0.05, 0.1) is 12.8 Å². The SMILES string of the molecule is COc1ccc(C(C)(C)C)cc1NC(=S)NC1CC1. The fourth-order valence-corrected chi connectivity index (χ4v) is 2.12. The minimum Gasteiger partial charge on any atom is -0.495 e. The number of thiocarbonyl (C=S) groups is 1. The van der Waals surface area contributed by atoms with E-state index in [0.29, 0.717) is 11.2 Å². The average Bonchev–Trinajstić information content (AvgIpc) is 3.11. The fourth-order valence-electron chi connectivity index (χ4n) is 1.84. The maximum absolute atomic E-state index is 5.38. The predicted octanol–water partition coefficient (Wildman–Crippen LogP) is 3.44. The minimum atomic E-state index is 0.105. The van der Waals surface area contributed by atoms with E-state index in [9.17, 15) is 0 Å². The van der Waals surface area contributed by atoms with Gasteiger partial charge in [-0.15, -0.1) is 0 Å². The summed E-state index contributed by atoms with van der Waals surface area (Å²) in [5.74, 6) is 0.813. The second-order valence-electron chi connectivity index (χ2n) is 6.04. The van der Waals surface area contributed by atoms with Crippen molar-refractivity contribution < 1.29 is 4.74 Å². The highest BCUT2D eigenvalue weighted by Crippen LogP contribution is 2.31. The van der Waals surface area contributed by atoms with Gasteiger partial charge >= 0.3 is 0 Å². The number of anilines is 1. The van der Waals surface area contributed by atoms with Crippen LogP contribution in [0.4, 0.5) is 5.69 Å². The van der Waals surface area contributed by atoms with E-state index in [1.807, 2.05) is 6.07 Å². The largest absolute Gasteiger partial charge is 0.495 e. The quantitative estimate of drug-likeness (QED) is 0.830. The topological polar surface area (TPSA) is 33.3 Å². The second-order valence-corrected chi connectivity index (χ2v) is 6.45. The number of rotatable bonds is 3. The molecule has 1 fully saturated rings. The molecule has 1 aliphatic rings. The highest BCUT2D eigenvalue weighted by molar-refractivity contribution is 7.80. The van der Waals surface area contributed by atoms with Gasteiger partial charge in [0.2, 0.25) is 0 Å². The van der Waals surface area contributed by atoms with Crippen LogP contribution in [0.3, 0.4) is 0 Å². The molecule has 0 unspecified atom stereocenters. The standard InChI is InChI=1S/C15H22N2OS/c1-15(2,3)10-5-8-13(18-4)12(9-10)17-14(19)16-11-6-7-11/h5,8-9,11H,6-7H2,1-4H3,(H2,16,17,19). The fraction of sp³-hybridized carbons (Fsp3) is 0.533. The minimum absolute atomic E-state index is 0.105. The Hall–Kier alpha value is -1.29. The maximum atomic E-state index is 5.38. The lowest BCUT2D eigenvalue weighted by molar-refractivity contribution is 0.416. The normalized spacial score (nSPS) is 14.9. The first kappa shape index (κ1) is 14.1. The molecule has 0 bridgehead atoms. The van der Waals surface area contributed by atoms with E-state index < -0.39 is 0 Å². The third-order valence-corrected chi connectivity index (χ3v) is 3.45. The molecule has 1 aromatic rings. The first-order valence-corrected chi connectivity index (χ1v) is 7.07. The summed E-state index contributed by atoms with van der Waals surface area (Å²) in [6, 6.07) is 6.75. The molecule has 0 saturated heterocycles. The van der Waals surface area contributed by atoms with Crippen LogP contribution in [0.5, 0.6) is 5.75 Å². The first-order chi connectivity index (χ1) is 8.90.